The van der Waals surface area contributed by atoms with Crippen molar-refractivity contribution in [1.29, 1.82) is 0 Å². The fourth-order valence-electron chi connectivity index (χ4n) is 2.37. The Labute approximate surface area is 118 Å². The second kappa shape index (κ2) is 7.27. The number of methoxy groups -OCH3 is 1. The number of hydrogen-bond donors (Lipinski definition) is 0. The van der Waals surface area contributed by atoms with E-state index < -0.39 is 0 Å². The zero-order valence-corrected chi connectivity index (χ0v) is 12.4. The van der Waals surface area contributed by atoms with E-state index in [1.54, 1.807) is 18.4 Å². The molecule has 4 heteroatoms. The minimum atomic E-state index is 0.521. The highest BCUT2D eigenvalue weighted by Crippen LogP contribution is 2.27. The molecule has 0 saturated heterocycles. The van der Waals surface area contributed by atoms with Crippen molar-refractivity contribution in [1.82, 2.24) is 4.98 Å². The first-order valence-electron chi connectivity index (χ1n) is 6.55. The van der Waals surface area contributed by atoms with Crippen molar-refractivity contribution in [3.63, 3.8) is 0 Å². The van der Waals surface area contributed by atoms with Crippen molar-refractivity contribution in [2.75, 3.05) is 7.11 Å². The Kier molecular flexibility index (Phi) is 5.67. The first kappa shape index (κ1) is 14.0. The van der Waals surface area contributed by atoms with Crippen LogP contribution in [-0.2, 0) is 17.2 Å². The molecule has 0 aliphatic heterocycles. The topological polar surface area (TPSA) is 22.1 Å². The molecule has 0 unspecified atom stereocenters. The number of allylic oxidation sites excluding steroid dienone is 1. The van der Waals surface area contributed by atoms with E-state index in [4.69, 9.17) is 16.3 Å². The Bertz CT molecular complexity index is 396. The number of aromatic nitrogens is 1. The second-order valence-electron chi connectivity index (χ2n) is 4.75. The molecule has 0 amide bonds. The molecular weight excluding hydrogens is 266 g/mol. The van der Waals surface area contributed by atoms with Crippen LogP contribution in [0.4, 0.5) is 0 Å². The van der Waals surface area contributed by atoms with Crippen LogP contribution in [-0.4, -0.2) is 12.1 Å². The fourth-order valence-corrected chi connectivity index (χ4v) is 3.52. The predicted octanol–water partition coefficient (Wildman–Crippen LogP) is 4.62. The quantitative estimate of drug-likeness (QED) is 0.736. The molecule has 1 heterocycles. The number of halogens is 1. The van der Waals surface area contributed by atoms with Crippen molar-refractivity contribution < 1.29 is 4.74 Å². The van der Waals surface area contributed by atoms with Crippen LogP contribution < -0.4 is 0 Å². The Morgan fingerprint density at radius 3 is 2.83 bits per heavy atom. The van der Waals surface area contributed by atoms with E-state index in [9.17, 15) is 0 Å². The van der Waals surface area contributed by atoms with Gasteiger partial charge in [0.05, 0.1) is 18.2 Å². The van der Waals surface area contributed by atoms with E-state index in [1.807, 2.05) is 0 Å². The van der Waals surface area contributed by atoms with Crippen LogP contribution in [0.5, 0.6) is 0 Å². The molecule has 2 rings (SSSR count). The van der Waals surface area contributed by atoms with Gasteiger partial charge in [-0.3, -0.25) is 0 Å². The monoisotopic (exact) mass is 285 g/mol. The van der Waals surface area contributed by atoms with Gasteiger partial charge in [0, 0.05) is 12.0 Å². The third-order valence-electron chi connectivity index (χ3n) is 3.36. The van der Waals surface area contributed by atoms with Gasteiger partial charge in [0.2, 0.25) is 0 Å². The van der Waals surface area contributed by atoms with E-state index in [1.165, 1.54) is 32.1 Å². The molecule has 0 aromatic carbocycles. The minimum Gasteiger partial charge on any atom is -0.378 e. The van der Waals surface area contributed by atoms with Gasteiger partial charge in [-0.05, 0) is 24.8 Å². The number of ether oxygens (including phenoxy) is 1. The molecule has 100 valence electrons. The van der Waals surface area contributed by atoms with Gasteiger partial charge in [-0.15, -0.1) is 22.9 Å². The largest absolute Gasteiger partial charge is 0.378 e. The smallest absolute Gasteiger partial charge is 0.116 e. The van der Waals surface area contributed by atoms with Gasteiger partial charge in [-0.1, -0.05) is 25.3 Å². The number of rotatable bonds is 5. The van der Waals surface area contributed by atoms with Crippen molar-refractivity contribution in [2.45, 2.75) is 44.6 Å². The van der Waals surface area contributed by atoms with Crippen molar-refractivity contribution >= 4 is 29.0 Å². The first-order chi connectivity index (χ1) is 8.83. The van der Waals surface area contributed by atoms with E-state index in [0.29, 0.717) is 12.5 Å². The molecule has 0 bridgehead atoms. The number of thiazole rings is 1. The summed E-state index contributed by atoms with van der Waals surface area (Å²) in [7, 11) is 1.69. The maximum absolute atomic E-state index is 5.92. The molecule has 0 spiro atoms. The molecular formula is C14H20ClNOS. The molecule has 2 nitrogen and oxygen atoms in total. The Hall–Kier alpha value is -0.380. The Morgan fingerprint density at radius 2 is 2.17 bits per heavy atom. The maximum atomic E-state index is 5.92. The van der Waals surface area contributed by atoms with Gasteiger partial charge in [-0.25, -0.2) is 4.98 Å². The Morgan fingerprint density at radius 1 is 1.39 bits per heavy atom. The molecule has 0 radical (unpaired) electrons. The lowest BCUT2D eigenvalue weighted by Gasteiger charge is -2.17. The molecule has 0 N–H and O–H groups in total. The highest BCUT2D eigenvalue weighted by atomic mass is 35.5. The number of hydrogen-bond acceptors (Lipinski definition) is 3. The maximum Gasteiger partial charge on any atom is 0.116 e. The molecule has 1 fully saturated rings. The lowest BCUT2D eigenvalue weighted by Crippen LogP contribution is -2.02. The third-order valence-corrected chi connectivity index (χ3v) is 4.85. The average Bonchev–Trinajstić information content (AvgIpc) is 2.80. The summed E-state index contributed by atoms with van der Waals surface area (Å²) in [6.45, 7) is 0.551. The van der Waals surface area contributed by atoms with Crippen LogP contribution in [0.2, 0.25) is 0 Å². The lowest BCUT2D eigenvalue weighted by molar-refractivity contribution is 0.181. The standard InChI is InChI=1S/C14H20ClNOS/c1-17-10-12-13(9-15)18-14(16-12)8-7-11-5-3-2-4-6-11/h7-8,11H,2-6,9-10H2,1H3. The second-order valence-corrected chi connectivity index (χ2v) is 6.13. The minimum absolute atomic E-state index is 0.521. The van der Waals surface area contributed by atoms with Crippen LogP contribution in [0.15, 0.2) is 6.08 Å². The third kappa shape index (κ3) is 3.81. The normalized spacial score (nSPS) is 17.7. The summed E-state index contributed by atoms with van der Waals surface area (Å²) in [6, 6.07) is 0. The van der Waals surface area contributed by atoms with E-state index in [2.05, 4.69) is 17.1 Å². The van der Waals surface area contributed by atoms with Crippen molar-refractivity contribution in [3.05, 3.63) is 21.7 Å². The molecule has 18 heavy (non-hydrogen) atoms. The van der Waals surface area contributed by atoms with Crippen LogP contribution in [0.1, 0.15) is 47.7 Å². The van der Waals surface area contributed by atoms with Crippen LogP contribution in [0.25, 0.3) is 6.08 Å². The molecule has 1 aromatic heterocycles. The predicted molar refractivity (Wildman–Crippen MR) is 78.0 cm³/mol. The highest BCUT2D eigenvalue weighted by Gasteiger charge is 2.11. The molecule has 1 aliphatic carbocycles. The molecule has 1 aromatic rings. The summed E-state index contributed by atoms with van der Waals surface area (Å²) in [5.41, 5.74) is 0.987. The summed E-state index contributed by atoms with van der Waals surface area (Å²) in [4.78, 5) is 5.70. The Balaban J connectivity index is 2.01. The summed E-state index contributed by atoms with van der Waals surface area (Å²) in [6.07, 6.45) is 11.3. The van der Waals surface area contributed by atoms with Crippen molar-refractivity contribution in [3.8, 4) is 0 Å². The summed E-state index contributed by atoms with van der Waals surface area (Å²) < 4.78 is 5.14. The van der Waals surface area contributed by atoms with E-state index in [0.717, 1.165) is 21.5 Å². The van der Waals surface area contributed by atoms with Crippen LogP contribution in [0, 0.1) is 5.92 Å². The SMILES string of the molecule is COCc1nc(C=CC2CCCCC2)sc1CCl. The van der Waals surface area contributed by atoms with E-state index in [-0.39, 0.29) is 0 Å². The fraction of sp³-hybridized carbons (Fsp3) is 0.643. The lowest BCUT2D eigenvalue weighted by atomic mass is 9.89. The summed E-state index contributed by atoms with van der Waals surface area (Å²) >= 11 is 7.60. The highest BCUT2D eigenvalue weighted by molar-refractivity contribution is 7.12. The molecule has 1 aliphatic rings. The number of alkyl halides is 1. The molecule has 0 atom stereocenters. The zero-order chi connectivity index (χ0) is 12.8. The van der Waals surface area contributed by atoms with Crippen LogP contribution >= 0.6 is 22.9 Å². The van der Waals surface area contributed by atoms with Gasteiger partial charge in [-0.2, -0.15) is 0 Å². The van der Waals surface area contributed by atoms with Crippen molar-refractivity contribution in [2.24, 2.45) is 5.92 Å². The molecule has 1 saturated carbocycles. The number of nitrogens with zero attached hydrogens (tertiary/aromatic N) is 1. The van der Waals surface area contributed by atoms with Gasteiger partial charge >= 0.3 is 0 Å². The van der Waals surface area contributed by atoms with Gasteiger partial charge in [0.25, 0.3) is 0 Å². The zero-order valence-electron chi connectivity index (χ0n) is 10.8. The summed E-state index contributed by atoms with van der Waals surface area (Å²) in [5.74, 6) is 1.26. The van der Waals surface area contributed by atoms with Gasteiger partial charge in [0.15, 0.2) is 0 Å². The van der Waals surface area contributed by atoms with E-state index >= 15 is 0 Å². The average molecular weight is 286 g/mol. The van der Waals surface area contributed by atoms with Gasteiger partial charge < -0.3 is 4.74 Å². The van der Waals surface area contributed by atoms with Crippen LogP contribution in [0.3, 0.4) is 0 Å². The van der Waals surface area contributed by atoms with Gasteiger partial charge in [0.1, 0.15) is 5.01 Å². The summed E-state index contributed by atoms with van der Waals surface area (Å²) in [5, 5.41) is 1.06. The first-order valence-corrected chi connectivity index (χ1v) is 7.90.